The van der Waals surface area contributed by atoms with E-state index in [0.29, 0.717) is 17.9 Å². The molecule has 0 bridgehead atoms. The maximum absolute atomic E-state index is 6.28. The maximum Gasteiger partial charge on any atom is 0.119 e. The second-order valence-corrected chi connectivity index (χ2v) is 7.15. The number of benzene rings is 1. The van der Waals surface area contributed by atoms with Crippen molar-refractivity contribution in [3.63, 3.8) is 0 Å². The zero-order chi connectivity index (χ0) is 15.4. The fraction of sp³-hybridized carbons (Fsp3) is 0.600. The smallest absolute Gasteiger partial charge is 0.119 e. The number of hydrogen-bond acceptors (Lipinski definition) is 2. The molecule has 22 heavy (non-hydrogen) atoms. The molecular weight excluding hydrogens is 272 g/mol. The first-order chi connectivity index (χ1) is 10.7. The zero-order valence-electron chi connectivity index (χ0n) is 13.8. The van der Waals surface area contributed by atoms with Crippen molar-refractivity contribution in [2.75, 3.05) is 13.2 Å². The van der Waals surface area contributed by atoms with Gasteiger partial charge >= 0.3 is 0 Å². The molecule has 0 radical (unpaired) electrons. The quantitative estimate of drug-likeness (QED) is 0.589. The number of allylic oxidation sites excluding steroid dienone is 1. The van der Waals surface area contributed by atoms with E-state index in [2.05, 4.69) is 50.3 Å². The molecule has 2 fully saturated rings. The van der Waals surface area contributed by atoms with Crippen molar-refractivity contribution in [2.24, 2.45) is 17.8 Å². The number of hydrogen-bond donors (Lipinski definition) is 0. The lowest BCUT2D eigenvalue weighted by Crippen LogP contribution is -2.25. The predicted molar refractivity (Wildman–Crippen MR) is 90.2 cm³/mol. The lowest BCUT2D eigenvalue weighted by atomic mass is 9.96. The first-order valence-electron chi connectivity index (χ1n) is 8.68. The Labute approximate surface area is 134 Å². The lowest BCUT2D eigenvalue weighted by molar-refractivity contribution is -0.00794. The third-order valence-corrected chi connectivity index (χ3v) is 4.90. The molecule has 0 spiro atoms. The maximum atomic E-state index is 6.28. The van der Waals surface area contributed by atoms with Gasteiger partial charge in [-0.1, -0.05) is 43.2 Å². The summed E-state index contributed by atoms with van der Waals surface area (Å²) in [5.74, 6) is 3.07. The van der Waals surface area contributed by atoms with E-state index in [1.165, 1.54) is 24.8 Å². The molecule has 3 atom stereocenters. The van der Waals surface area contributed by atoms with Crippen LogP contribution in [0.1, 0.15) is 38.2 Å². The number of aryl methyl sites for hydroxylation is 1. The zero-order valence-corrected chi connectivity index (χ0v) is 13.8. The molecule has 1 aliphatic heterocycles. The summed E-state index contributed by atoms with van der Waals surface area (Å²) in [5, 5.41) is 0. The van der Waals surface area contributed by atoms with E-state index in [9.17, 15) is 0 Å². The first-order valence-corrected chi connectivity index (χ1v) is 8.68. The summed E-state index contributed by atoms with van der Waals surface area (Å²) in [7, 11) is 0. The SMILES string of the molecule is Cc1ccc(OC2CC(C)CCC(C=CC3COC3)C2)cc1. The van der Waals surface area contributed by atoms with Gasteiger partial charge in [0.1, 0.15) is 5.75 Å². The molecule has 3 rings (SSSR count). The minimum atomic E-state index is 0.340. The normalized spacial score (nSPS) is 30.0. The van der Waals surface area contributed by atoms with Crippen LogP contribution < -0.4 is 4.74 Å². The van der Waals surface area contributed by atoms with Gasteiger partial charge in [0.25, 0.3) is 0 Å². The minimum Gasteiger partial charge on any atom is -0.490 e. The highest BCUT2D eigenvalue weighted by atomic mass is 16.5. The molecule has 1 aromatic rings. The number of ether oxygens (including phenoxy) is 2. The predicted octanol–water partition coefficient (Wildman–Crippen LogP) is 4.77. The summed E-state index contributed by atoms with van der Waals surface area (Å²) >= 11 is 0. The van der Waals surface area contributed by atoms with Gasteiger partial charge < -0.3 is 9.47 Å². The van der Waals surface area contributed by atoms with Crippen LogP contribution in [-0.2, 0) is 4.74 Å². The first kappa shape index (κ1) is 15.6. The van der Waals surface area contributed by atoms with Crippen LogP contribution in [0.5, 0.6) is 5.75 Å². The van der Waals surface area contributed by atoms with Gasteiger partial charge in [-0.25, -0.2) is 0 Å². The van der Waals surface area contributed by atoms with Crippen molar-refractivity contribution < 1.29 is 9.47 Å². The molecular formula is C20H28O2. The van der Waals surface area contributed by atoms with Crippen LogP contribution in [0.15, 0.2) is 36.4 Å². The number of rotatable bonds is 4. The summed E-state index contributed by atoms with van der Waals surface area (Å²) in [6.45, 7) is 6.28. The van der Waals surface area contributed by atoms with Gasteiger partial charge in [0.15, 0.2) is 0 Å². The average Bonchev–Trinajstić information content (AvgIpc) is 2.61. The molecule has 1 aliphatic carbocycles. The molecule has 0 N–H and O–H groups in total. The molecule has 0 aromatic heterocycles. The third kappa shape index (κ3) is 4.36. The van der Waals surface area contributed by atoms with E-state index >= 15 is 0 Å². The summed E-state index contributed by atoms with van der Waals surface area (Å²) < 4.78 is 11.5. The van der Waals surface area contributed by atoms with Gasteiger partial charge in [-0.05, 0) is 50.2 Å². The average molecular weight is 300 g/mol. The van der Waals surface area contributed by atoms with E-state index < -0.39 is 0 Å². The Kier molecular flexibility index (Phi) is 5.20. The Morgan fingerprint density at radius 3 is 2.41 bits per heavy atom. The van der Waals surface area contributed by atoms with Crippen molar-refractivity contribution in [1.29, 1.82) is 0 Å². The highest BCUT2D eigenvalue weighted by Crippen LogP contribution is 2.31. The van der Waals surface area contributed by atoms with Crippen molar-refractivity contribution in [2.45, 2.75) is 45.6 Å². The van der Waals surface area contributed by atoms with E-state index in [1.54, 1.807) is 0 Å². The van der Waals surface area contributed by atoms with Crippen molar-refractivity contribution in [3.05, 3.63) is 42.0 Å². The summed E-state index contributed by atoms with van der Waals surface area (Å²) in [5.41, 5.74) is 1.28. The summed E-state index contributed by atoms with van der Waals surface area (Å²) in [4.78, 5) is 0. The molecule has 3 unspecified atom stereocenters. The largest absolute Gasteiger partial charge is 0.490 e. The molecule has 1 aromatic carbocycles. The summed E-state index contributed by atoms with van der Waals surface area (Å²) in [6.07, 6.45) is 10.0. The molecule has 2 nitrogen and oxygen atoms in total. The highest BCUT2D eigenvalue weighted by Gasteiger charge is 2.24. The Morgan fingerprint density at radius 2 is 1.73 bits per heavy atom. The fourth-order valence-electron chi connectivity index (χ4n) is 3.38. The van der Waals surface area contributed by atoms with Gasteiger partial charge in [0.2, 0.25) is 0 Å². The van der Waals surface area contributed by atoms with E-state index in [-0.39, 0.29) is 0 Å². The van der Waals surface area contributed by atoms with Crippen LogP contribution in [0.4, 0.5) is 0 Å². The van der Waals surface area contributed by atoms with E-state index in [1.807, 2.05) is 0 Å². The lowest BCUT2D eigenvalue weighted by Gasteiger charge is -2.24. The van der Waals surface area contributed by atoms with Crippen LogP contribution in [0.3, 0.4) is 0 Å². The molecule has 1 saturated carbocycles. The minimum absolute atomic E-state index is 0.340. The van der Waals surface area contributed by atoms with Crippen LogP contribution in [-0.4, -0.2) is 19.3 Å². The molecule has 1 saturated heterocycles. The van der Waals surface area contributed by atoms with E-state index in [0.717, 1.165) is 31.3 Å². The third-order valence-electron chi connectivity index (χ3n) is 4.90. The Morgan fingerprint density at radius 1 is 1.00 bits per heavy atom. The molecule has 120 valence electrons. The van der Waals surface area contributed by atoms with Crippen molar-refractivity contribution >= 4 is 0 Å². The topological polar surface area (TPSA) is 18.5 Å². The standard InChI is InChI=1S/C20H28O2/c1-15-4-9-19(10-5-15)22-20-11-16(2)3-6-17(12-20)7-8-18-13-21-14-18/h4-5,7-10,16-18,20H,3,6,11-14H2,1-2H3. The summed E-state index contributed by atoms with van der Waals surface area (Å²) in [6, 6.07) is 8.45. The van der Waals surface area contributed by atoms with Crippen molar-refractivity contribution in [1.82, 2.24) is 0 Å². The van der Waals surface area contributed by atoms with Gasteiger partial charge in [0, 0.05) is 5.92 Å². The van der Waals surface area contributed by atoms with Crippen molar-refractivity contribution in [3.8, 4) is 5.75 Å². The second-order valence-electron chi connectivity index (χ2n) is 7.15. The second kappa shape index (κ2) is 7.32. The fourth-order valence-corrected chi connectivity index (χ4v) is 3.38. The van der Waals surface area contributed by atoms with Gasteiger partial charge in [-0.15, -0.1) is 0 Å². The molecule has 2 aliphatic rings. The monoisotopic (exact) mass is 300 g/mol. The van der Waals surface area contributed by atoms with Crippen LogP contribution in [0, 0.1) is 24.7 Å². The van der Waals surface area contributed by atoms with Crippen LogP contribution >= 0.6 is 0 Å². The Hall–Kier alpha value is -1.28. The Balaban J connectivity index is 1.60. The Bertz CT molecular complexity index is 487. The molecule has 2 heteroatoms. The van der Waals surface area contributed by atoms with Gasteiger partial charge in [-0.3, -0.25) is 0 Å². The van der Waals surface area contributed by atoms with E-state index in [4.69, 9.17) is 9.47 Å². The molecule has 1 heterocycles. The van der Waals surface area contributed by atoms with Gasteiger partial charge in [-0.2, -0.15) is 0 Å². The van der Waals surface area contributed by atoms with Crippen LogP contribution in [0.25, 0.3) is 0 Å². The highest BCUT2D eigenvalue weighted by molar-refractivity contribution is 5.26. The van der Waals surface area contributed by atoms with Gasteiger partial charge in [0.05, 0.1) is 19.3 Å². The van der Waals surface area contributed by atoms with Crippen LogP contribution in [0.2, 0.25) is 0 Å². The molecule has 0 amide bonds.